The van der Waals surface area contributed by atoms with Crippen LogP contribution in [-0.4, -0.2) is 49.6 Å². The number of methoxy groups -OCH3 is 1. The number of carbonyl (C=O) groups is 2. The maximum Gasteiger partial charge on any atom is 0.312 e. The Morgan fingerprint density at radius 1 is 1.46 bits per heavy atom. The molecule has 1 saturated heterocycles. The molecule has 5 nitrogen and oxygen atoms in total. The van der Waals surface area contributed by atoms with E-state index in [1.54, 1.807) is 7.11 Å². The maximum absolute atomic E-state index is 11.2. The van der Waals surface area contributed by atoms with E-state index in [-0.39, 0.29) is 5.60 Å². The average molecular weight is 186 g/mol. The number of amides is 2. The van der Waals surface area contributed by atoms with E-state index in [2.05, 4.69) is 5.32 Å². The predicted molar refractivity (Wildman–Crippen MR) is 46.1 cm³/mol. The number of hydrogen-bond donors (Lipinski definition) is 1. The molecule has 1 aliphatic heterocycles. The second kappa shape index (κ2) is 3.33. The molecule has 13 heavy (non-hydrogen) atoms. The lowest BCUT2D eigenvalue weighted by Crippen LogP contribution is -2.64. The van der Waals surface area contributed by atoms with Crippen LogP contribution in [0, 0.1) is 0 Å². The summed E-state index contributed by atoms with van der Waals surface area (Å²) in [5.74, 6) is -1.06. The first-order valence-corrected chi connectivity index (χ1v) is 4.08. The van der Waals surface area contributed by atoms with Gasteiger partial charge >= 0.3 is 11.8 Å². The quantitative estimate of drug-likeness (QED) is 0.533. The van der Waals surface area contributed by atoms with Crippen molar-refractivity contribution in [3.63, 3.8) is 0 Å². The van der Waals surface area contributed by atoms with Gasteiger partial charge in [0.2, 0.25) is 0 Å². The van der Waals surface area contributed by atoms with Crippen molar-refractivity contribution in [3.05, 3.63) is 0 Å². The fourth-order valence-electron chi connectivity index (χ4n) is 1.28. The lowest BCUT2D eigenvalue weighted by molar-refractivity contribution is -0.163. The summed E-state index contributed by atoms with van der Waals surface area (Å²) in [5.41, 5.74) is -0.274. The van der Waals surface area contributed by atoms with E-state index in [9.17, 15) is 9.59 Å². The van der Waals surface area contributed by atoms with Crippen molar-refractivity contribution in [1.82, 2.24) is 10.2 Å². The van der Waals surface area contributed by atoms with Gasteiger partial charge < -0.3 is 15.0 Å². The van der Waals surface area contributed by atoms with Crippen LogP contribution in [0.25, 0.3) is 0 Å². The minimum atomic E-state index is -0.571. The van der Waals surface area contributed by atoms with Crippen molar-refractivity contribution >= 4 is 11.8 Å². The molecule has 5 heteroatoms. The van der Waals surface area contributed by atoms with Crippen LogP contribution in [0.5, 0.6) is 0 Å². The molecule has 0 unspecified atom stereocenters. The number of likely N-dealkylation sites (tertiary alicyclic amines) is 1. The minimum absolute atomic E-state index is 0.274. The number of rotatable bonds is 1. The Kier molecular flexibility index (Phi) is 2.56. The molecule has 0 bridgehead atoms. The molecule has 0 radical (unpaired) electrons. The molecule has 1 rings (SSSR count). The van der Waals surface area contributed by atoms with Crippen molar-refractivity contribution in [3.8, 4) is 0 Å². The molecule has 0 saturated carbocycles. The van der Waals surface area contributed by atoms with Crippen LogP contribution in [0.2, 0.25) is 0 Å². The highest BCUT2D eigenvalue weighted by atomic mass is 16.5. The smallest absolute Gasteiger partial charge is 0.312 e. The van der Waals surface area contributed by atoms with Crippen LogP contribution in [-0.2, 0) is 14.3 Å². The van der Waals surface area contributed by atoms with Gasteiger partial charge in [-0.05, 0) is 6.92 Å². The molecule has 1 fully saturated rings. The average Bonchev–Trinajstić information content (AvgIpc) is 2.10. The third-order valence-electron chi connectivity index (χ3n) is 2.25. The SMILES string of the molecule is CNC(=O)C(=O)N1CC(C)(OC)C1. The van der Waals surface area contributed by atoms with Gasteiger partial charge in [0.25, 0.3) is 0 Å². The summed E-state index contributed by atoms with van der Waals surface area (Å²) >= 11 is 0. The number of nitrogens with one attached hydrogen (secondary N) is 1. The third kappa shape index (κ3) is 1.80. The molecule has 0 aromatic carbocycles. The molecule has 0 aromatic heterocycles. The fraction of sp³-hybridized carbons (Fsp3) is 0.750. The van der Waals surface area contributed by atoms with Crippen LogP contribution < -0.4 is 5.32 Å². The summed E-state index contributed by atoms with van der Waals surface area (Å²) in [5, 5.41) is 2.29. The number of hydrogen-bond acceptors (Lipinski definition) is 3. The van der Waals surface area contributed by atoms with Crippen molar-refractivity contribution in [1.29, 1.82) is 0 Å². The van der Waals surface area contributed by atoms with E-state index < -0.39 is 11.8 Å². The normalized spacial score (nSPS) is 19.2. The standard InChI is InChI=1S/C8H14N2O3/c1-8(13-3)4-10(5-8)7(12)6(11)9-2/h4-5H2,1-3H3,(H,9,11). The van der Waals surface area contributed by atoms with Gasteiger partial charge in [0.1, 0.15) is 5.60 Å². The van der Waals surface area contributed by atoms with Gasteiger partial charge in [0.05, 0.1) is 13.1 Å². The zero-order valence-corrected chi connectivity index (χ0v) is 8.09. The highest BCUT2D eigenvalue weighted by Gasteiger charge is 2.42. The molecular weight excluding hydrogens is 172 g/mol. The Morgan fingerprint density at radius 3 is 2.38 bits per heavy atom. The van der Waals surface area contributed by atoms with Crippen LogP contribution in [0.1, 0.15) is 6.92 Å². The lowest BCUT2D eigenvalue weighted by Gasteiger charge is -2.46. The summed E-state index contributed by atoms with van der Waals surface area (Å²) in [6, 6.07) is 0. The number of carbonyl (C=O) groups excluding carboxylic acids is 2. The van der Waals surface area contributed by atoms with Gasteiger partial charge in [0, 0.05) is 14.2 Å². The van der Waals surface area contributed by atoms with E-state index in [4.69, 9.17) is 4.74 Å². The van der Waals surface area contributed by atoms with Crippen LogP contribution >= 0.6 is 0 Å². The van der Waals surface area contributed by atoms with Crippen molar-refractivity contribution in [2.24, 2.45) is 0 Å². The summed E-state index contributed by atoms with van der Waals surface area (Å²) in [6.07, 6.45) is 0. The fourth-order valence-corrected chi connectivity index (χ4v) is 1.28. The van der Waals surface area contributed by atoms with E-state index in [0.29, 0.717) is 13.1 Å². The largest absolute Gasteiger partial charge is 0.375 e. The van der Waals surface area contributed by atoms with Gasteiger partial charge in [0.15, 0.2) is 0 Å². The van der Waals surface area contributed by atoms with E-state index >= 15 is 0 Å². The Labute approximate surface area is 77.0 Å². The van der Waals surface area contributed by atoms with E-state index in [1.165, 1.54) is 11.9 Å². The van der Waals surface area contributed by atoms with Crippen molar-refractivity contribution in [2.75, 3.05) is 27.2 Å². The molecule has 0 aromatic rings. The monoisotopic (exact) mass is 186 g/mol. The first-order valence-electron chi connectivity index (χ1n) is 4.08. The third-order valence-corrected chi connectivity index (χ3v) is 2.25. The van der Waals surface area contributed by atoms with Gasteiger partial charge in [-0.2, -0.15) is 0 Å². The van der Waals surface area contributed by atoms with Crippen LogP contribution in [0.4, 0.5) is 0 Å². The number of ether oxygens (including phenoxy) is 1. The maximum atomic E-state index is 11.2. The second-order valence-electron chi connectivity index (χ2n) is 3.39. The molecule has 1 heterocycles. The molecule has 2 amide bonds. The number of nitrogens with zero attached hydrogens (tertiary/aromatic N) is 1. The molecule has 1 N–H and O–H groups in total. The summed E-state index contributed by atoms with van der Waals surface area (Å²) in [6.45, 7) is 2.87. The first kappa shape index (κ1) is 9.98. The molecule has 0 spiro atoms. The summed E-state index contributed by atoms with van der Waals surface area (Å²) < 4.78 is 5.14. The topological polar surface area (TPSA) is 58.6 Å². The molecule has 0 atom stereocenters. The Balaban J connectivity index is 2.44. The Bertz CT molecular complexity index is 234. The highest BCUT2D eigenvalue weighted by Crippen LogP contribution is 2.23. The van der Waals surface area contributed by atoms with Crippen molar-refractivity contribution in [2.45, 2.75) is 12.5 Å². The van der Waals surface area contributed by atoms with Gasteiger partial charge in [-0.25, -0.2) is 0 Å². The summed E-state index contributed by atoms with van der Waals surface area (Å²) in [4.78, 5) is 23.6. The summed E-state index contributed by atoms with van der Waals surface area (Å²) in [7, 11) is 3.04. The zero-order chi connectivity index (χ0) is 10.1. The van der Waals surface area contributed by atoms with Gasteiger partial charge in [-0.15, -0.1) is 0 Å². The number of likely N-dealkylation sites (N-methyl/N-ethyl adjacent to an activating group) is 1. The first-order chi connectivity index (χ1) is 6.02. The molecule has 0 aliphatic carbocycles. The Hall–Kier alpha value is -1.10. The predicted octanol–water partition coefficient (Wildman–Crippen LogP) is -1.02. The lowest BCUT2D eigenvalue weighted by atomic mass is 9.96. The molecular formula is C8H14N2O3. The molecule has 74 valence electrons. The van der Waals surface area contributed by atoms with Crippen molar-refractivity contribution < 1.29 is 14.3 Å². The molecule has 1 aliphatic rings. The van der Waals surface area contributed by atoms with E-state index in [1.807, 2.05) is 6.92 Å². The Morgan fingerprint density at radius 2 is 2.00 bits per heavy atom. The zero-order valence-electron chi connectivity index (χ0n) is 8.09. The van der Waals surface area contributed by atoms with Crippen LogP contribution in [0.3, 0.4) is 0 Å². The minimum Gasteiger partial charge on any atom is -0.375 e. The van der Waals surface area contributed by atoms with Gasteiger partial charge in [-0.3, -0.25) is 9.59 Å². The van der Waals surface area contributed by atoms with E-state index in [0.717, 1.165) is 0 Å². The van der Waals surface area contributed by atoms with Crippen LogP contribution in [0.15, 0.2) is 0 Å². The van der Waals surface area contributed by atoms with Gasteiger partial charge in [-0.1, -0.05) is 0 Å². The highest BCUT2D eigenvalue weighted by molar-refractivity contribution is 6.35. The second-order valence-corrected chi connectivity index (χ2v) is 3.39.